The van der Waals surface area contributed by atoms with Crippen molar-refractivity contribution in [1.29, 1.82) is 0 Å². The van der Waals surface area contributed by atoms with Gasteiger partial charge in [-0.05, 0) is 41.5 Å². The number of nitrogens with one attached hydrogen (secondary N) is 1. The molecule has 0 radical (unpaired) electrons. The van der Waals surface area contributed by atoms with E-state index in [9.17, 15) is 9.18 Å². The van der Waals surface area contributed by atoms with E-state index in [1.54, 1.807) is 4.68 Å². The van der Waals surface area contributed by atoms with E-state index >= 15 is 0 Å². The molecule has 1 amide bonds. The number of tetrazole rings is 1. The summed E-state index contributed by atoms with van der Waals surface area (Å²) in [6.07, 6.45) is 2.10. The van der Waals surface area contributed by atoms with Gasteiger partial charge in [0.05, 0.1) is 24.1 Å². The Morgan fingerprint density at radius 2 is 2.42 bits per heavy atom. The summed E-state index contributed by atoms with van der Waals surface area (Å²) in [6.45, 7) is 1.31. The number of hydrogen-bond acceptors (Lipinski definition) is 6. The third-order valence-corrected chi connectivity index (χ3v) is 4.63. The van der Waals surface area contributed by atoms with Gasteiger partial charge in [-0.3, -0.25) is 4.79 Å². The maximum atomic E-state index is 13.6. The van der Waals surface area contributed by atoms with Crippen LogP contribution in [0.5, 0.6) is 0 Å². The molecule has 7 nitrogen and oxygen atoms in total. The molecule has 1 aliphatic heterocycles. The van der Waals surface area contributed by atoms with Gasteiger partial charge in [-0.2, -0.15) is 0 Å². The fraction of sp³-hybridized carbons (Fsp3) is 0.429. The minimum atomic E-state index is -0.541. The Hall–Kier alpha value is -1.71. The molecule has 2 aromatic rings. The smallest absolute Gasteiger partial charge is 0.234 e. The number of hydrogen-bond donors (Lipinski definition) is 1. The van der Waals surface area contributed by atoms with Gasteiger partial charge in [0, 0.05) is 11.6 Å². The normalized spacial score (nSPS) is 17.2. The zero-order valence-corrected chi connectivity index (χ0v) is 14.2. The van der Waals surface area contributed by atoms with Crippen LogP contribution < -0.4 is 5.32 Å². The number of amides is 1. The number of carbonyl (C=O) groups is 1. The summed E-state index contributed by atoms with van der Waals surface area (Å²) in [7, 11) is 0. The number of benzene rings is 1. The van der Waals surface area contributed by atoms with Crippen molar-refractivity contribution in [3.8, 4) is 0 Å². The van der Waals surface area contributed by atoms with Crippen molar-refractivity contribution in [2.24, 2.45) is 0 Å². The van der Waals surface area contributed by atoms with Crippen LogP contribution in [-0.2, 0) is 16.1 Å². The lowest BCUT2D eigenvalue weighted by atomic mass is 10.2. The first-order valence-electron chi connectivity index (χ1n) is 7.37. The highest BCUT2D eigenvalue weighted by molar-refractivity contribution is 7.99. The van der Waals surface area contributed by atoms with Gasteiger partial charge in [-0.25, -0.2) is 9.07 Å². The lowest BCUT2D eigenvalue weighted by Gasteiger charge is -2.10. The van der Waals surface area contributed by atoms with Crippen molar-refractivity contribution in [1.82, 2.24) is 20.2 Å². The SMILES string of the molecule is O=C(CSc1nnnn1CC1CCCO1)Nc1cc(Cl)ccc1F. The zero-order valence-electron chi connectivity index (χ0n) is 12.6. The van der Waals surface area contributed by atoms with Crippen molar-refractivity contribution in [2.75, 3.05) is 17.7 Å². The summed E-state index contributed by atoms with van der Waals surface area (Å²) in [5, 5.41) is 14.8. The molecule has 0 bridgehead atoms. The number of nitrogens with zero attached hydrogens (tertiary/aromatic N) is 4. The van der Waals surface area contributed by atoms with Crippen molar-refractivity contribution in [2.45, 2.75) is 30.6 Å². The number of rotatable bonds is 6. The van der Waals surface area contributed by atoms with Crippen molar-refractivity contribution >= 4 is 35.0 Å². The average Bonchev–Trinajstić information content (AvgIpc) is 3.21. The predicted octanol–water partition coefficient (Wildman–Crippen LogP) is 2.38. The van der Waals surface area contributed by atoms with Crippen LogP contribution in [0.4, 0.5) is 10.1 Å². The van der Waals surface area contributed by atoms with Crippen molar-refractivity contribution in [3.63, 3.8) is 0 Å². The van der Waals surface area contributed by atoms with E-state index in [0.717, 1.165) is 19.4 Å². The van der Waals surface area contributed by atoms with Crippen LogP contribution in [0.3, 0.4) is 0 Å². The highest BCUT2D eigenvalue weighted by Crippen LogP contribution is 2.21. The molecule has 24 heavy (non-hydrogen) atoms. The van der Waals surface area contributed by atoms with Gasteiger partial charge in [-0.1, -0.05) is 23.4 Å². The topological polar surface area (TPSA) is 81.9 Å². The number of thioether (sulfide) groups is 1. The molecule has 10 heteroatoms. The first-order valence-corrected chi connectivity index (χ1v) is 8.73. The molecule has 0 aliphatic carbocycles. The van der Waals surface area contributed by atoms with Gasteiger partial charge in [0.1, 0.15) is 5.82 Å². The molecule has 0 saturated carbocycles. The van der Waals surface area contributed by atoms with Gasteiger partial charge < -0.3 is 10.1 Å². The molecule has 128 valence electrons. The van der Waals surface area contributed by atoms with Crippen LogP contribution >= 0.6 is 23.4 Å². The van der Waals surface area contributed by atoms with Crippen LogP contribution in [0.15, 0.2) is 23.4 Å². The molecule has 1 saturated heterocycles. The first-order chi connectivity index (χ1) is 11.6. The largest absolute Gasteiger partial charge is 0.376 e. The third kappa shape index (κ3) is 4.43. The second-order valence-electron chi connectivity index (χ2n) is 5.24. The molecular weight excluding hydrogens is 357 g/mol. The van der Waals surface area contributed by atoms with Crippen LogP contribution in [0.2, 0.25) is 5.02 Å². The number of aromatic nitrogens is 4. The molecular formula is C14H15ClFN5O2S. The Labute approximate surface area is 146 Å². The maximum Gasteiger partial charge on any atom is 0.234 e. The Morgan fingerprint density at radius 1 is 1.54 bits per heavy atom. The van der Waals surface area contributed by atoms with Crippen molar-refractivity contribution in [3.05, 3.63) is 29.0 Å². The molecule has 1 aliphatic rings. The van der Waals surface area contributed by atoms with Gasteiger partial charge in [-0.15, -0.1) is 5.10 Å². The van der Waals surface area contributed by atoms with Crippen molar-refractivity contribution < 1.29 is 13.9 Å². The number of halogens is 2. The van der Waals surface area contributed by atoms with E-state index in [1.165, 1.54) is 30.0 Å². The maximum absolute atomic E-state index is 13.6. The molecule has 1 aromatic heterocycles. The molecule has 1 N–H and O–H groups in total. The van der Waals surface area contributed by atoms with Gasteiger partial charge in [0.25, 0.3) is 0 Å². The summed E-state index contributed by atoms with van der Waals surface area (Å²) in [4.78, 5) is 12.0. The molecule has 1 fully saturated rings. The van der Waals surface area contributed by atoms with E-state index in [0.29, 0.717) is 16.7 Å². The quantitative estimate of drug-likeness (QED) is 0.785. The fourth-order valence-corrected chi connectivity index (χ4v) is 3.16. The standard InChI is InChI=1S/C14H15ClFN5O2S/c15-9-3-4-11(16)12(6-9)17-13(22)8-24-14-18-19-20-21(14)7-10-2-1-5-23-10/h3-4,6,10H,1-2,5,7-8H2,(H,17,22). The summed E-state index contributed by atoms with van der Waals surface area (Å²) in [6, 6.07) is 3.98. The van der Waals surface area contributed by atoms with Gasteiger partial charge in [0.15, 0.2) is 0 Å². The van der Waals surface area contributed by atoms with E-state index in [2.05, 4.69) is 20.8 Å². The van der Waals surface area contributed by atoms with Gasteiger partial charge >= 0.3 is 0 Å². The highest BCUT2D eigenvalue weighted by Gasteiger charge is 2.19. The summed E-state index contributed by atoms with van der Waals surface area (Å²) >= 11 is 6.97. The number of ether oxygens (including phenoxy) is 1. The highest BCUT2D eigenvalue weighted by atomic mass is 35.5. The van der Waals surface area contributed by atoms with Gasteiger partial charge in [0.2, 0.25) is 11.1 Å². The Kier molecular flexibility index (Phi) is 5.64. The van der Waals surface area contributed by atoms with Crippen LogP contribution in [0.25, 0.3) is 0 Å². The minimum absolute atomic E-state index is 0.0482. The number of anilines is 1. The summed E-state index contributed by atoms with van der Waals surface area (Å²) < 4.78 is 20.8. The molecule has 1 atom stereocenters. The first kappa shape index (κ1) is 17.1. The molecule has 1 unspecified atom stereocenters. The average molecular weight is 372 g/mol. The monoisotopic (exact) mass is 371 g/mol. The molecule has 3 rings (SSSR count). The second kappa shape index (κ2) is 7.91. The molecule has 2 heterocycles. The zero-order chi connectivity index (χ0) is 16.9. The van der Waals surface area contributed by atoms with E-state index < -0.39 is 5.82 Å². The minimum Gasteiger partial charge on any atom is -0.376 e. The summed E-state index contributed by atoms with van der Waals surface area (Å²) in [5.74, 6) is -0.855. The van der Waals surface area contributed by atoms with Crippen LogP contribution in [-0.4, -0.2) is 44.6 Å². The Bertz CT molecular complexity index is 723. The number of carbonyl (C=O) groups excluding carboxylic acids is 1. The van der Waals surface area contributed by atoms with E-state index in [4.69, 9.17) is 16.3 Å². The fourth-order valence-electron chi connectivity index (χ4n) is 2.31. The Balaban J connectivity index is 1.54. The predicted molar refractivity (Wildman–Crippen MR) is 87.6 cm³/mol. The second-order valence-corrected chi connectivity index (χ2v) is 6.62. The third-order valence-electron chi connectivity index (χ3n) is 3.43. The van der Waals surface area contributed by atoms with E-state index in [-0.39, 0.29) is 23.5 Å². The molecule has 1 aromatic carbocycles. The summed E-state index contributed by atoms with van der Waals surface area (Å²) in [5.41, 5.74) is 0.0482. The Morgan fingerprint density at radius 3 is 3.21 bits per heavy atom. The van der Waals surface area contributed by atoms with Crippen LogP contribution in [0, 0.1) is 5.82 Å². The molecule has 0 spiro atoms. The van der Waals surface area contributed by atoms with E-state index in [1.807, 2.05) is 0 Å². The van der Waals surface area contributed by atoms with Crippen LogP contribution in [0.1, 0.15) is 12.8 Å². The lowest BCUT2D eigenvalue weighted by molar-refractivity contribution is -0.113. The lowest BCUT2D eigenvalue weighted by Crippen LogP contribution is -2.18.